The number of aliphatic hydroxyl groups is 1. The van der Waals surface area contributed by atoms with Crippen molar-refractivity contribution >= 4 is 0 Å². The molecule has 0 saturated carbocycles. The van der Waals surface area contributed by atoms with E-state index in [1.54, 1.807) is 7.11 Å². The normalized spacial score (nSPS) is 22.8. The summed E-state index contributed by atoms with van der Waals surface area (Å²) in [5, 5.41) is 10.7. The summed E-state index contributed by atoms with van der Waals surface area (Å²) in [5.74, 6) is 0.865. The van der Waals surface area contributed by atoms with E-state index < -0.39 is 0 Å². The van der Waals surface area contributed by atoms with Crippen molar-refractivity contribution in [2.75, 3.05) is 40.8 Å². The van der Waals surface area contributed by atoms with Crippen LogP contribution in [-0.2, 0) is 6.42 Å². The smallest absolute Gasteiger partial charge is 0.122 e. The molecule has 1 aromatic rings. The van der Waals surface area contributed by atoms with E-state index in [2.05, 4.69) is 36.9 Å². The van der Waals surface area contributed by atoms with Gasteiger partial charge in [-0.2, -0.15) is 0 Å². The third-order valence-electron chi connectivity index (χ3n) is 4.42. The van der Waals surface area contributed by atoms with Gasteiger partial charge in [0, 0.05) is 19.0 Å². The molecule has 2 atom stereocenters. The Morgan fingerprint density at radius 1 is 1.33 bits per heavy atom. The predicted octanol–water partition coefficient (Wildman–Crippen LogP) is 1.54. The molecule has 1 saturated heterocycles. The van der Waals surface area contributed by atoms with Gasteiger partial charge < -0.3 is 14.7 Å². The van der Waals surface area contributed by atoms with Crippen molar-refractivity contribution in [3.05, 3.63) is 29.3 Å². The largest absolute Gasteiger partial charge is 0.496 e. The molecule has 1 aliphatic rings. The second kappa shape index (κ2) is 7.25. The summed E-state index contributed by atoms with van der Waals surface area (Å²) in [5.41, 5.74) is 2.29. The Morgan fingerprint density at radius 3 is 2.81 bits per heavy atom. The van der Waals surface area contributed by atoms with Crippen LogP contribution in [0.2, 0.25) is 0 Å². The van der Waals surface area contributed by atoms with Crippen molar-refractivity contribution in [1.82, 2.24) is 9.80 Å². The maximum absolute atomic E-state index is 10.7. The standard InChI is InChI=1S/C17H28N2O2/c1-13-6-7-17(21-4)14(10-13)11-16(20)15-12-18(2)8-5-9-19(15)3/h6-7,10,15-16,20H,5,8-9,11-12H2,1-4H3. The number of hydrogen-bond donors (Lipinski definition) is 1. The lowest BCUT2D eigenvalue weighted by Crippen LogP contribution is -2.47. The highest BCUT2D eigenvalue weighted by Gasteiger charge is 2.27. The van der Waals surface area contributed by atoms with Gasteiger partial charge in [-0.1, -0.05) is 17.7 Å². The zero-order valence-electron chi connectivity index (χ0n) is 13.7. The van der Waals surface area contributed by atoms with Crippen LogP contribution in [0, 0.1) is 6.92 Å². The highest BCUT2D eigenvalue weighted by molar-refractivity contribution is 5.37. The summed E-state index contributed by atoms with van der Waals surface area (Å²) in [7, 11) is 5.93. The molecule has 2 rings (SSSR count). The number of rotatable bonds is 4. The first-order valence-corrected chi connectivity index (χ1v) is 7.71. The van der Waals surface area contributed by atoms with Crippen LogP contribution in [0.5, 0.6) is 5.75 Å². The first-order chi connectivity index (χ1) is 10.0. The number of nitrogens with zero attached hydrogens (tertiary/aromatic N) is 2. The monoisotopic (exact) mass is 292 g/mol. The quantitative estimate of drug-likeness (QED) is 0.913. The van der Waals surface area contributed by atoms with Crippen LogP contribution in [-0.4, -0.2) is 67.9 Å². The van der Waals surface area contributed by atoms with Crippen LogP contribution in [0.4, 0.5) is 0 Å². The van der Waals surface area contributed by atoms with Crippen molar-refractivity contribution < 1.29 is 9.84 Å². The van der Waals surface area contributed by atoms with Crippen molar-refractivity contribution in [2.45, 2.75) is 31.9 Å². The number of hydrogen-bond acceptors (Lipinski definition) is 4. The molecule has 4 nitrogen and oxygen atoms in total. The lowest BCUT2D eigenvalue weighted by atomic mass is 9.99. The van der Waals surface area contributed by atoms with Gasteiger partial charge in [-0.15, -0.1) is 0 Å². The van der Waals surface area contributed by atoms with E-state index in [1.165, 1.54) is 5.56 Å². The Bertz CT molecular complexity index is 464. The van der Waals surface area contributed by atoms with Crippen molar-refractivity contribution in [1.29, 1.82) is 0 Å². The molecule has 0 aromatic heterocycles. The summed E-state index contributed by atoms with van der Waals surface area (Å²) in [6.45, 7) is 5.12. The molecule has 1 fully saturated rings. The first-order valence-electron chi connectivity index (χ1n) is 7.71. The molecule has 118 valence electrons. The van der Waals surface area contributed by atoms with E-state index in [-0.39, 0.29) is 12.1 Å². The number of ether oxygens (including phenoxy) is 1. The van der Waals surface area contributed by atoms with Crippen molar-refractivity contribution in [3.63, 3.8) is 0 Å². The van der Waals surface area contributed by atoms with Gasteiger partial charge in [-0.3, -0.25) is 4.90 Å². The molecular weight excluding hydrogens is 264 g/mol. The van der Waals surface area contributed by atoms with Crippen LogP contribution in [0.15, 0.2) is 18.2 Å². The fraction of sp³-hybridized carbons (Fsp3) is 0.647. The Morgan fingerprint density at radius 2 is 2.10 bits per heavy atom. The third-order valence-corrected chi connectivity index (χ3v) is 4.42. The van der Waals surface area contributed by atoms with E-state index in [4.69, 9.17) is 4.74 Å². The van der Waals surface area contributed by atoms with Crippen LogP contribution in [0.1, 0.15) is 17.5 Å². The SMILES string of the molecule is COc1ccc(C)cc1CC(O)C1CN(C)CCCN1C. The minimum Gasteiger partial charge on any atom is -0.496 e. The second-order valence-corrected chi connectivity index (χ2v) is 6.25. The summed E-state index contributed by atoms with van der Waals surface area (Å²) in [4.78, 5) is 4.60. The van der Waals surface area contributed by atoms with Gasteiger partial charge in [-0.05, 0) is 52.2 Å². The molecule has 0 bridgehead atoms. The van der Waals surface area contributed by atoms with Crippen molar-refractivity contribution in [3.8, 4) is 5.75 Å². The fourth-order valence-corrected chi connectivity index (χ4v) is 3.15. The molecule has 1 N–H and O–H groups in total. The summed E-state index contributed by atoms with van der Waals surface area (Å²) in [6, 6.07) is 6.31. The summed E-state index contributed by atoms with van der Waals surface area (Å²) < 4.78 is 5.43. The lowest BCUT2D eigenvalue weighted by Gasteiger charge is -2.32. The van der Waals surface area contributed by atoms with Crippen LogP contribution in [0.3, 0.4) is 0 Å². The summed E-state index contributed by atoms with van der Waals surface area (Å²) in [6.07, 6.45) is 1.41. The molecule has 0 amide bonds. The number of methoxy groups -OCH3 is 1. The minimum atomic E-state index is -0.383. The molecule has 21 heavy (non-hydrogen) atoms. The molecule has 1 aliphatic heterocycles. The second-order valence-electron chi connectivity index (χ2n) is 6.25. The van der Waals surface area contributed by atoms with E-state index in [0.717, 1.165) is 37.4 Å². The van der Waals surface area contributed by atoms with Crippen LogP contribution in [0.25, 0.3) is 0 Å². The molecule has 0 radical (unpaired) electrons. The molecular formula is C17H28N2O2. The van der Waals surface area contributed by atoms with Crippen molar-refractivity contribution in [2.24, 2.45) is 0 Å². The molecule has 0 aliphatic carbocycles. The molecule has 1 heterocycles. The predicted molar refractivity (Wildman–Crippen MR) is 86.0 cm³/mol. The van der Waals surface area contributed by atoms with Gasteiger partial charge in [0.05, 0.1) is 13.2 Å². The average molecular weight is 292 g/mol. The van der Waals surface area contributed by atoms with Gasteiger partial charge in [0.15, 0.2) is 0 Å². The molecule has 2 unspecified atom stereocenters. The number of aliphatic hydroxyl groups excluding tert-OH is 1. The lowest BCUT2D eigenvalue weighted by molar-refractivity contribution is 0.0577. The van der Waals surface area contributed by atoms with E-state index in [0.29, 0.717) is 6.42 Å². The average Bonchev–Trinajstić information content (AvgIpc) is 2.60. The maximum atomic E-state index is 10.7. The van der Waals surface area contributed by atoms with E-state index in [1.807, 2.05) is 12.1 Å². The number of benzene rings is 1. The van der Waals surface area contributed by atoms with E-state index >= 15 is 0 Å². The molecule has 1 aromatic carbocycles. The minimum absolute atomic E-state index is 0.169. The summed E-state index contributed by atoms with van der Waals surface area (Å²) >= 11 is 0. The highest BCUT2D eigenvalue weighted by atomic mass is 16.5. The molecule has 0 spiro atoms. The van der Waals surface area contributed by atoms with Gasteiger partial charge in [0.25, 0.3) is 0 Å². The Labute approximate surface area is 128 Å². The van der Waals surface area contributed by atoms with Crippen LogP contribution >= 0.6 is 0 Å². The van der Waals surface area contributed by atoms with E-state index in [9.17, 15) is 5.11 Å². The van der Waals surface area contributed by atoms with Gasteiger partial charge in [0.2, 0.25) is 0 Å². The Kier molecular flexibility index (Phi) is 5.62. The zero-order chi connectivity index (χ0) is 15.4. The number of aryl methyl sites for hydroxylation is 1. The van der Waals surface area contributed by atoms with Crippen LogP contribution < -0.4 is 4.74 Å². The van der Waals surface area contributed by atoms with Gasteiger partial charge >= 0.3 is 0 Å². The Hall–Kier alpha value is -1.10. The zero-order valence-corrected chi connectivity index (χ0v) is 13.7. The fourth-order valence-electron chi connectivity index (χ4n) is 3.15. The number of likely N-dealkylation sites (N-methyl/N-ethyl adjacent to an activating group) is 2. The first kappa shape index (κ1) is 16.3. The van der Waals surface area contributed by atoms with Gasteiger partial charge in [-0.25, -0.2) is 0 Å². The third kappa shape index (κ3) is 4.19. The topological polar surface area (TPSA) is 35.9 Å². The Balaban J connectivity index is 2.12. The highest BCUT2D eigenvalue weighted by Crippen LogP contribution is 2.23. The molecule has 4 heteroatoms. The maximum Gasteiger partial charge on any atom is 0.122 e. The van der Waals surface area contributed by atoms with Gasteiger partial charge in [0.1, 0.15) is 5.75 Å².